The number of hydrogen-bond acceptors (Lipinski definition) is 3. The molecule has 3 aromatic rings. The summed E-state index contributed by atoms with van der Waals surface area (Å²) in [4.78, 5) is 0. The van der Waals surface area contributed by atoms with Crippen molar-refractivity contribution in [1.82, 2.24) is 0 Å². The van der Waals surface area contributed by atoms with E-state index in [1.807, 2.05) is 6.92 Å². The van der Waals surface area contributed by atoms with Gasteiger partial charge in [0.15, 0.2) is 23.2 Å². The van der Waals surface area contributed by atoms with E-state index in [1.165, 1.54) is 6.07 Å². The van der Waals surface area contributed by atoms with E-state index >= 15 is 0 Å². The van der Waals surface area contributed by atoms with Gasteiger partial charge in [0.05, 0.1) is 23.6 Å². The van der Waals surface area contributed by atoms with Crippen molar-refractivity contribution in [2.45, 2.75) is 52.1 Å². The predicted octanol–water partition coefficient (Wildman–Crippen LogP) is 7.47. The Labute approximate surface area is 171 Å². The van der Waals surface area contributed by atoms with Gasteiger partial charge < -0.3 is 13.9 Å². The molecule has 0 N–H and O–H groups in total. The van der Waals surface area contributed by atoms with E-state index < -0.39 is 40.1 Å². The highest BCUT2D eigenvalue weighted by Crippen LogP contribution is 2.41. The smallest absolute Gasteiger partial charge is 0.201 e. The summed E-state index contributed by atoms with van der Waals surface area (Å²) in [5.41, 5.74) is 0.933. The number of hydrogen-bond donors (Lipinski definition) is 0. The van der Waals surface area contributed by atoms with Crippen LogP contribution in [0.4, 0.5) is 17.6 Å². The molecule has 1 aliphatic rings. The number of allylic oxidation sites excluding steroid dienone is 1. The van der Waals surface area contributed by atoms with Crippen LogP contribution in [0.1, 0.15) is 57.6 Å². The first-order valence-corrected chi connectivity index (χ1v) is 10.1. The molecule has 4 rings (SSSR count). The Hall–Kier alpha value is -2.70. The van der Waals surface area contributed by atoms with E-state index in [1.54, 1.807) is 6.26 Å². The molecule has 0 amide bonds. The summed E-state index contributed by atoms with van der Waals surface area (Å²) in [7, 11) is 0. The van der Waals surface area contributed by atoms with Gasteiger partial charge in [-0.15, -0.1) is 0 Å². The van der Waals surface area contributed by atoms with Crippen LogP contribution >= 0.6 is 0 Å². The SMILES string of the molecule is CCCOc1cc2oc3cc(C4CCC(CCC)=CO4)c(F)c(F)c3c2c(F)c1F. The van der Waals surface area contributed by atoms with Crippen LogP contribution < -0.4 is 4.74 Å². The minimum atomic E-state index is -1.33. The van der Waals surface area contributed by atoms with Gasteiger partial charge in [0, 0.05) is 11.6 Å². The Morgan fingerprint density at radius 3 is 2.27 bits per heavy atom. The highest BCUT2D eigenvalue weighted by atomic mass is 19.2. The molecule has 0 bridgehead atoms. The van der Waals surface area contributed by atoms with Crippen LogP contribution in [0.5, 0.6) is 5.75 Å². The molecule has 160 valence electrons. The first-order valence-electron chi connectivity index (χ1n) is 10.1. The normalized spacial score (nSPS) is 16.7. The molecule has 2 aromatic carbocycles. The van der Waals surface area contributed by atoms with E-state index in [2.05, 4.69) is 6.92 Å². The fraction of sp³-hybridized carbons (Fsp3) is 0.391. The topological polar surface area (TPSA) is 31.6 Å². The van der Waals surface area contributed by atoms with Crippen LogP contribution in [0.25, 0.3) is 21.9 Å². The Bertz CT molecular complexity index is 1130. The molecule has 1 aromatic heterocycles. The maximum absolute atomic E-state index is 15.0. The van der Waals surface area contributed by atoms with E-state index in [0.29, 0.717) is 12.8 Å². The Kier molecular flexibility index (Phi) is 5.62. The lowest BCUT2D eigenvalue weighted by Crippen LogP contribution is -2.10. The fourth-order valence-electron chi connectivity index (χ4n) is 3.85. The molecule has 2 heterocycles. The summed E-state index contributed by atoms with van der Waals surface area (Å²) in [5.74, 6) is -5.34. The van der Waals surface area contributed by atoms with Crippen molar-refractivity contribution in [3.8, 4) is 5.75 Å². The van der Waals surface area contributed by atoms with E-state index in [9.17, 15) is 17.6 Å². The van der Waals surface area contributed by atoms with Gasteiger partial charge in [-0.1, -0.05) is 20.3 Å². The number of fused-ring (bicyclic) bond motifs is 3. The van der Waals surface area contributed by atoms with Crippen LogP contribution in [-0.2, 0) is 4.74 Å². The first kappa shape index (κ1) is 20.6. The van der Waals surface area contributed by atoms with Gasteiger partial charge in [0.1, 0.15) is 17.3 Å². The Balaban J connectivity index is 1.82. The zero-order valence-electron chi connectivity index (χ0n) is 16.8. The number of benzene rings is 2. The molecule has 0 radical (unpaired) electrons. The van der Waals surface area contributed by atoms with E-state index in [0.717, 1.165) is 30.9 Å². The summed E-state index contributed by atoms with van der Waals surface area (Å²) in [5, 5.41) is -0.869. The minimum Gasteiger partial charge on any atom is -0.493 e. The summed E-state index contributed by atoms with van der Waals surface area (Å²) in [6, 6.07) is 2.47. The molecular formula is C23H22F4O3. The highest BCUT2D eigenvalue weighted by Gasteiger charge is 2.29. The van der Waals surface area contributed by atoms with Crippen molar-refractivity contribution in [2.24, 2.45) is 0 Å². The number of halogens is 4. The third kappa shape index (κ3) is 3.40. The molecule has 0 saturated heterocycles. The molecule has 7 heteroatoms. The van der Waals surface area contributed by atoms with Crippen molar-refractivity contribution in [3.63, 3.8) is 0 Å². The lowest BCUT2D eigenvalue weighted by Gasteiger charge is -2.24. The molecule has 3 nitrogen and oxygen atoms in total. The standard InChI is InChI=1S/C23H22F4O3/c1-3-5-12-6-7-14(29-11-12)13-9-15-18(22(26)20(13)24)19-16(30-15)10-17(28-8-4-2)21(25)23(19)27/h9-11,14H,3-8H2,1-2H3. The highest BCUT2D eigenvalue weighted by molar-refractivity contribution is 6.06. The summed E-state index contributed by atoms with van der Waals surface area (Å²) < 4.78 is 75.3. The van der Waals surface area contributed by atoms with Gasteiger partial charge in [0.2, 0.25) is 5.82 Å². The Morgan fingerprint density at radius 2 is 1.63 bits per heavy atom. The maximum Gasteiger partial charge on any atom is 0.201 e. The fourth-order valence-corrected chi connectivity index (χ4v) is 3.85. The van der Waals surface area contributed by atoms with Crippen LogP contribution in [0, 0.1) is 23.3 Å². The third-order valence-electron chi connectivity index (χ3n) is 5.31. The molecule has 0 fully saturated rings. The molecular weight excluding hydrogens is 400 g/mol. The van der Waals surface area contributed by atoms with Gasteiger partial charge in [0.25, 0.3) is 0 Å². The molecule has 0 spiro atoms. The van der Waals surface area contributed by atoms with Gasteiger partial charge >= 0.3 is 0 Å². The quantitative estimate of drug-likeness (QED) is 0.386. The largest absolute Gasteiger partial charge is 0.493 e. The molecule has 1 atom stereocenters. The monoisotopic (exact) mass is 422 g/mol. The number of furan rings is 1. The first-order chi connectivity index (χ1) is 14.5. The molecule has 0 saturated carbocycles. The van der Waals surface area contributed by atoms with E-state index in [4.69, 9.17) is 13.9 Å². The Morgan fingerprint density at radius 1 is 0.933 bits per heavy atom. The zero-order chi connectivity index (χ0) is 21.4. The average molecular weight is 422 g/mol. The summed E-state index contributed by atoms with van der Waals surface area (Å²) >= 11 is 0. The van der Waals surface area contributed by atoms with Crippen molar-refractivity contribution < 1.29 is 31.5 Å². The zero-order valence-corrected chi connectivity index (χ0v) is 16.8. The second-order valence-electron chi connectivity index (χ2n) is 7.48. The predicted molar refractivity (Wildman–Crippen MR) is 105 cm³/mol. The van der Waals surface area contributed by atoms with Gasteiger partial charge in [-0.3, -0.25) is 0 Å². The van der Waals surface area contributed by atoms with Gasteiger partial charge in [-0.05, 0) is 37.3 Å². The van der Waals surface area contributed by atoms with Crippen molar-refractivity contribution in [1.29, 1.82) is 0 Å². The summed E-state index contributed by atoms with van der Waals surface area (Å²) in [6.07, 6.45) is 4.59. The maximum atomic E-state index is 15.0. The second kappa shape index (κ2) is 8.20. The molecule has 1 aliphatic heterocycles. The van der Waals surface area contributed by atoms with Gasteiger partial charge in [-0.25, -0.2) is 13.2 Å². The van der Waals surface area contributed by atoms with Gasteiger partial charge in [-0.2, -0.15) is 4.39 Å². The molecule has 0 aliphatic carbocycles. The van der Waals surface area contributed by atoms with Crippen LogP contribution in [0.3, 0.4) is 0 Å². The van der Waals surface area contributed by atoms with Crippen molar-refractivity contribution >= 4 is 21.9 Å². The molecule has 1 unspecified atom stereocenters. The minimum absolute atomic E-state index is 0.00538. The second-order valence-corrected chi connectivity index (χ2v) is 7.48. The lowest BCUT2D eigenvalue weighted by molar-refractivity contribution is 0.115. The van der Waals surface area contributed by atoms with E-state index in [-0.39, 0.29) is 29.1 Å². The number of rotatable bonds is 6. The molecule has 30 heavy (non-hydrogen) atoms. The van der Waals surface area contributed by atoms with Crippen molar-refractivity contribution in [3.05, 3.63) is 52.8 Å². The van der Waals surface area contributed by atoms with Crippen LogP contribution in [-0.4, -0.2) is 6.61 Å². The lowest BCUT2D eigenvalue weighted by atomic mass is 9.96. The van der Waals surface area contributed by atoms with Crippen LogP contribution in [0.2, 0.25) is 0 Å². The third-order valence-corrected chi connectivity index (χ3v) is 5.31. The van der Waals surface area contributed by atoms with Crippen molar-refractivity contribution in [2.75, 3.05) is 6.61 Å². The average Bonchev–Trinajstić information content (AvgIpc) is 3.11. The number of ether oxygens (including phenoxy) is 2. The van der Waals surface area contributed by atoms with Crippen LogP contribution in [0.15, 0.2) is 28.4 Å². The summed E-state index contributed by atoms with van der Waals surface area (Å²) in [6.45, 7) is 4.06.